The van der Waals surface area contributed by atoms with Gasteiger partial charge in [0.15, 0.2) is 29.2 Å². The van der Waals surface area contributed by atoms with Crippen LogP contribution in [0.2, 0.25) is 0 Å². The first kappa shape index (κ1) is 27.6. The number of anilines is 3. The molecule has 6 heterocycles. The summed E-state index contributed by atoms with van der Waals surface area (Å²) in [5.74, 6) is 0.269. The van der Waals surface area contributed by atoms with Crippen molar-refractivity contribution in [2.75, 3.05) is 30.4 Å². The Hall–Kier alpha value is -3.55. The number of aliphatic hydroxyl groups is 2. The molecular formula is C21H28N11O8P. The van der Waals surface area contributed by atoms with Crippen LogP contribution in [0.4, 0.5) is 17.6 Å². The molecule has 2 aliphatic rings. The molecule has 0 aliphatic carbocycles. The maximum absolute atomic E-state index is 13.0. The summed E-state index contributed by atoms with van der Waals surface area (Å²) in [6.07, 6.45) is -0.229. The minimum absolute atomic E-state index is 0.00412. The second-order valence-corrected chi connectivity index (χ2v) is 11.0. The highest BCUT2D eigenvalue weighted by Gasteiger charge is 2.45. The summed E-state index contributed by atoms with van der Waals surface area (Å²) in [4.78, 5) is 35.2. The fourth-order valence-electron chi connectivity index (χ4n) is 4.99. The number of imidazole rings is 2. The lowest BCUT2D eigenvalue weighted by Crippen LogP contribution is -2.29. The summed E-state index contributed by atoms with van der Waals surface area (Å²) in [6.45, 7) is -0.844. The van der Waals surface area contributed by atoms with E-state index in [2.05, 4.69) is 29.9 Å². The van der Waals surface area contributed by atoms with E-state index in [0.717, 1.165) is 0 Å². The van der Waals surface area contributed by atoms with Crippen molar-refractivity contribution in [1.29, 1.82) is 0 Å². The highest BCUT2D eigenvalue weighted by atomic mass is 31.2. The second-order valence-electron chi connectivity index (χ2n) is 9.62. The summed E-state index contributed by atoms with van der Waals surface area (Å²) in [7, 11) is -4.67. The van der Waals surface area contributed by atoms with Gasteiger partial charge in [0.1, 0.15) is 35.8 Å². The van der Waals surface area contributed by atoms with E-state index in [1.165, 1.54) is 23.5 Å². The van der Waals surface area contributed by atoms with E-state index in [1.807, 2.05) is 0 Å². The number of hydrogen-bond acceptors (Lipinski definition) is 16. The number of aromatic nitrogens is 8. The Balaban J connectivity index is 1.13. The zero-order valence-corrected chi connectivity index (χ0v) is 22.3. The molecule has 0 spiro atoms. The average Bonchev–Trinajstić information content (AvgIpc) is 3.72. The molecule has 220 valence electrons. The number of phosphoric acid groups is 1. The number of nitrogens with zero attached hydrogens (tertiary/aromatic N) is 8. The molecule has 4 aromatic heterocycles. The van der Waals surface area contributed by atoms with E-state index >= 15 is 0 Å². The lowest BCUT2D eigenvalue weighted by Gasteiger charge is -2.23. The van der Waals surface area contributed by atoms with E-state index in [0.29, 0.717) is 29.5 Å². The molecule has 7 atom stereocenters. The van der Waals surface area contributed by atoms with E-state index in [-0.39, 0.29) is 36.3 Å². The molecule has 20 heteroatoms. The highest BCUT2D eigenvalue weighted by Crippen LogP contribution is 2.50. The standard InChI is InChI=1S/C21H28N11O8P/c22-16-14-18(26-6-25-16)32(8-28-14)20-12(3-11(39-20)10(34)4-33)40-41(35,36)37-5-9-1-2-13(38-9)31-7-27-15-17(23)29-21(24)30-19(15)31/h6-13,20,33-34H,1-5H2,(H,35,36)(H2,22,25,26)(H4,23,24,29,30)/t9-,10?,11?,12-,13+,20?/m0/s1. The number of nitrogens with two attached hydrogens (primary N) is 3. The van der Waals surface area contributed by atoms with Crippen molar-refractivity contribution >= 4 is 47.7 Å². The molecule has 0 saturated carbocycles. The zero-order valence-electron chi connectivity index (χ0n) is 21.4. The Morgan fingerprint density at radius 1 is 1.02 bits per heavy atom. The van der Waals surface area contributed by atoms with Gasteiger partial charge in [-0.1, -0.05) is 0 Å². The Bertz CT molecular complexity index is 1620. The highest BCUT2D eigenvalue weighted by molar-refractivity contribution is 7.47. The maximum atomic E-state index is 13.0. The molecule has 2 fully saturated rings. The van der Waals surface area contributed by atoms with Gasteiger partial charge in [-0.15, -0.1) is 0 Å². The van der Waals surface area contributed by atoms with Crippen LogP contribution in [0.25, 0.3) is 22.3 Å². The smallest absolute Gasteiger partial charge is 0.394 e. The third kappa shape index (κ3) is 5.29. The molecule has 0 amide bonds. The molecule has 0 bridgehead atoms. The van der Waals surface area contributed by atoms with Crippen molar-refractivity contribution in [2.45, 2.75) is 56.1 Å². The van der Waals surface area contributed by atoms with Gasteiger partial charge in [-0.3, -0.25) is 18.2 Å². The number of rotatable bonds is 9. The Morgan fingerprint density at radius 2 is 1.78 bits per heavy atom. The Labute approximate surface area is 230 Å². The minimum Gasteiger partial charge on any atom is -0.394 e. The second kappa shape index (κ2) is 10.7. The topological polar surface area (TPSA) is 280 Å². The number of hydrogen-bond donors (Lipinski definition) is 6. The third-order valence-electron chi connectivity index (χ3n) is 6.93. The van der Waals surface area contributed by atoms with Crippen molar-refractivity contribution < 1.29 is 38.2 Å². The predicted octanol–water partition coefficient (Wildman–Crippen LogP) is -0.767. The first-order valence-corrected chi connectivity index (χ1v) is 14.1. The van der Waals surface area contributed by atoms with Crippen LogP contribution in [-0.2, 0) is 23.1 Å². The molecule has 4 aromatic rings. The molecule has 4 unspecified atom stereocenters. The third-order valence-corrected chi connectivity index (χ3v) is 7.94. The fourth-order valence-corrected chi connectivity index (χ4v) is 5.94. The SMILES string of the molecule is Nc1nc(N)c2ncn([C@H]3CC[C@@H](COP(=O)(O)O[C@H]4CC(C(O)CO)OC4n4cnc5c(N)ncnc54)O3)c2n1. The van der Waals surface area contributed by atoms with Crippen molar-refractivity contribution in [3.05, 3.63) is 19.0 Å². The largest absolute Gasteiger partial charge is 0.472 e. The zero-order chi connectivity index (χ0) is 28.9. The summed E-state index contributed by atoms with van der Waals surface area (Å²) in [6, 6.07) is 0. The van der Waals surface area contributed by atoms with Crippen molar-refractivity contribution in [2.24, 2.45) is 0 Å². The van der Waals surface area contributed by atoms with Gasteiger partial charge in [0, 0.05) is 6.42 Å². The van der Waals surface area contributed by atoms with Crippen LogP contribution < -0.4 is 17.2 Å². The molecular weight excluding hydrogens is 565 g/mol. The van der Waals surface area contributed by atoms with E-state index in [4.69, 9.17) is 35.7 Å². The van der Waals surface area contributed by atoms with Gasteiger partial charge in [0.2, 0.25) is 5.95 Å². The van der Waals surface area contributed by atoms with Gasteiger partial charge in [0.05, 0.1) is 38.1 Å². The lowest BCUT2D eigenvalue weighted by atomic mass is 10.1. The number of aliphatic hydroxyl groups excluding tert-OH is 2. The molecule has 2 saturated heterocycles. The number of phosphoric ester groups is 1. The van der Waals surface area contributed by atoms with Crippen molar-refractivity contribution in [3.63, 3.8) is 0 Å². The van der Waals surface area contributed by atoms with Gasteiger partial charge in [0.25, 0.3) is 0 Å². The number of nitrogen functional groups attached to an aromatic ring is 3. The molecule has 9 N–H and O–H groups in total. The van der Waals surface area contributed by atoms with E-state index in [1.54, 1.807) is 4.57 Å². The predicted molar refractivity (Wildman–Crippen MR) is 139 cm³/mol. The van der Waals surface area contributed by atoms with Crippen LogP contribution >= 0.6 is 7.82 Å². The van der Waals surface area contributed by atoms with Crippen molar-refractivity contribution in [3.8, 4) is 0 Å². The van der Waals surface area contributed by atoms with Crippen LogP contribution in [0.15, 0.2) is 19.0 Å². The Kier molecular flexibility index (Phi) is 7.20. The van der Waals surface area contributed by atoms with Gasteiger partial charge in [-0.05, 0) is 12.8 Å². The summed E-state index contributed by atoms with van der Waals surface area (Å²) in [5.41, 5.74) is 18.8. The van der Waals surface area contributed by atoms with Gasteiger partial charge >= 0.3 is 7.82 Å². The normalized spacial score (nSPS) is 27.0. The molecule has 0 radical (unpaired) electrons. The van der Waals surface area contributed by atoms with Gasteiger partial charge in [-0.2, -0.15) is 9.97 Å². The van der Waals surface area contributed by atoms with Crippen LogP contribution in [0.5, 0.6) is 0 Å². The lowest BCUT2D eigenvalue weighted by molar-refractivity contribution is -0.0855. The van der Waals surface area contributed by atoms with Gasteiger partial charge in [-0.25, -0.2) is 24.5 Å². The quantitative estimate of drug-likeness (QED) is 0.130. The van der Waals surface area contributed by atoms with Gasteiger partial charge < -0.3 is 41.8 Å². The number of ether oxygens (including phenoxy) is 2. The van der Waals surface area contributed by atoms with Crippen LogP contribution in [0, 0.1) is 0 Å². The van der Waals surface area contributed by atoms with Crippen LogP contribution in [0.3, 0.4) is 0 Å². The van der Waals surface area contributed by atoms with E-state index in [9.17, 15) is 19.7 Å². The summed E-state index contributed by atoms with van der Waals surface area (Å²) < 4.78 is 38.8. The Morgan fingerprint density at radius 3 is 2.56 bits per heavy atom. The summed E-state index contributed by atoms with van der Waals surface area (Å²) >= 11 is 0. The van der Waals surface area contributed by atoms with Crippen LogP contribution in [-0.4, -0.2) is 91.8 Å². The maximum Gasteiger partial charge on any atom is 0.472 e. The average molecular weight is 593 g/mol. The molecule has 6 rings (SSSR count). The fraction of sp³-hybridized carbons (Fsp3) is 0.524. The monoisotopic (exact) mass is 593 g/mol. The minimum atomic E-state index is -4.67. The van der Waals surface area contributed by atoms with E-state index < -0.39 is 51.3 Å². The molecule has 2 aliphatic heterocycles. The number of fused-ring (bicyclic) bond motifs is 2. The summed E-state index contributed by atoms with van der Waals surface area (Å²) in [5, 5.41) is 19.6. The first-order valence-electron chi connectivity index (χ1n) is 12.6. The first-order chi connectivity index (χ1) is 19.6. The van der Waals surface area contributed by atoms with Crippen LogP contribution in [0.1, 0.15) is 31.7 Å². The molecule has 41 heavy (non-hydrogen) atoms. The molecule has 0 aromatic carbocycles. The molecule has 19 nitrogen and oxygen atoms in total. The van der Waals surface area contributed by atoms with Crippen molar-refractivity contribution in [1.82, 2.24) is 39.0 Å².